The van der Waals surface area contributed by atoms with Crippen LogP contribution in [0.5, 0.6) is 17.4 Å². The quantitative estimate of drug-likeness (QED) is 0.757. The molecule has 0 aliphatic carbocycles. The van der Waals surface area contributed by atoms with E-state index in [-0.39, 0.29) is 36.8 Å². The smallest absolute Gasteiger partial charge is 0.237 e. The Morgan fingerprint density at radius 1 is 1.22 bits per heavy atom. The van der Waals surface area contributed by atoms with E-state index in [9.17, 15) is 4.79 Å². The number of benzene rings is 1. The number of halogens is 2. The van der Waals surface area contributed by atoms with Gasteiger partial charge in [0.05, 0.1) is 13.2 Å². The molecule has 148 valence electrons. The molecule has 1 atom stereocenters. The summed E-state index contributed by atoms with van der Waals surface area (Å²) in [6, 6.07) is 11.0. The molecule has 2 aromatic rings. The minimum Gasteiger partial charge on any atom is -0.497 e. The average Bonchev–Trinajstić information content (AvgIpc) is 2.68. The lowest BCUT2D eigenvalue weighted by atomic mass is 10.0. The molecule has 3 rings (SSSR count). The van der Waals surface area contributed by atoms with Gasteiger partial charge in [-0.3, -0.25) is 4.79 Å². The molecule has 1 fully saturated rings. The predicted molar refractivity (Wildman–Crippen MR) is 109 cm³/mol. The molecular weight excluding hydrogens is 389 g/mol. The molecule has 1 aromatic carbocycles. The van der Waals surface area contributed by atoms with Crippen LogP contribution in [0.1, 0.15) is 24.8 Å². The van der Waals surface area contributed by atoms with Crippen LogP contribution >= 0.6 is 24.8 Å². The number of piperidine rings is 1. The Balaban J connectivity index is 0.00000182. The number of carbonyl (C=O) groups is 1. The summed E-state index contributed by atoms with van der Waals surface area (Å²) in [4.78, 5) is 16.4. The van der Waals surface area contributed by atoms with Crippen LogP contribution in [0.3, 0.4) is 0 Å². The van der Waals surface area contributed by atoms with Crippen molar-refractivity contribution in [3.05, 3.63) is 48.2 Å². The van der Waals surface area contributed by atoms with Gasteiger partial charge in [0.25, 0.3) is 0 Å². The number of amides is 1. The maximum atomic E-state index is 12.1. The van der Waals surface area contributed by atoms with E-state index in [0.717, 1.165) is 37.1 Å². The summed E-state index contributed by atoms with van der Waals surface area (Å²) in [5, 5.41) is 6.20. The van der Waals surface area contributed by atoms with E-state index in [1.807, 2.05) is 24.3 Å². The van der Waals surface area contributed by atoms with E-state index in [0.29, 0.717) is 18.2 Å². The van der Waals surface area contributed by atoms with Crippen molar-refractivity contribution in [3.63, 3.8) is 0 Å². The van der Waals surface area contributed by atoms with Crippen molar-refractivity contribution in [1.82, 2.24) is 15.6 Å². The number of pyridine rings is 1. The topological polar surface area (TPSA) is 72.5 Å². The summed E-state index contributed by atoms with van der Waals surface area (Å²) < 4.78 is 10.9. The van der Waals surface area contributed by atoms with Crippen molar-refractivity contribution in [2.75, 3.05) is 13.7 Å². The van der Waals surface area contributed by atoms with Gasteiger partial charge in [0.1, 0.15) is 11.5 Å². The van der Waals surface area contributed by atoms with Crippen molar-refractivity contribution in [3.8, 4) is 17.4 Å². The molecular formula is C19H25Cl2N3O3. The lowest BCUT2D eigenvalue weighted by Gasteiger charge is -2.22. The van der Waals surface area contributed by atoms with E-state index in [2.05, 4.69) is 15.6 Å². The molecule has 8 heteroatoms. The molecule has 0 saturated carbocycles. The van der Waals surface area contributed by atoms with Gasteiger partial charge in [-0.25, -0.2) is 4.98 Å². The van der Waals surface area contributed by atoms with Crippen LogP contribution in [0, 0.1) is 0 Å². The van der Waals surface area contributed by atoms with Gasteiger partial charge < -0.3 is 20.1 Å². The zero-order valence-corrected chi connectivity index (χ0v) is 16.8. The van der Waals surface area contributed by atoms with Crippen molar-refractivity contribution >= 4 is 30.7 Å². The number of aromatic nitrogens is 1. The largest absolute Gasteiger partial charge is 0.497 e. The normalized spacial score (nSPS) is 15.7. The van der Waals surface area contributed by atoms with Crippen molar-refractivity contribution in [2.24, 2.45) is 0 Å². The monoisotopic (exact) mass is 413 g/mol. The van der Waals surface area contributed by atoms with E-state index < -0.39 is 0 Å². The van der Waals surface area contributed by atoms with Crippen molar-refractivity contribution < 1.29 is 14.3 Å². The molecule has 27 heavy (non-hydrogen) atoms. The second kappa shape index (κ2) is 11.6. The molecule has 1 unspecified atom stereocenters. The lowest BCUT2D eigenvalue weighted by Crippen LogP contribution is -2.46. The number of hydrogen-bond donors (Lipinski definition) is 2. The average molecular weight is 414 g/mol. The van der Waals surface area contributed by atoms with Crippen LogP contribution in [-0.4, -0.2) is 30.6 Å². The van der Waals surface area contributed by atoms with E-state index in [4.69, 9.17) is 9.47 Å². The fraction of sp³-hybridized carbons (Fsp3) is 0.368. The molecule has 0 spiro atoms. The highest BCUT2D eigenvalue weighted by Crippen LogP contribution is 2.23. The Labute approximate surface area is 171 Å². The fourth-order valence-electron chi connectivity index (χ4n) is 2.75. The highest BCUT2D eigenvalue weighted by Gasteiger charge is 2.19. The molecule has 0 bridgehead atoms. The SMILES string of the molecule is COc1cccc(Oc2ccc(CNC(=O)C3CCCCN3)cn2)c1.Cl.Cl. The van der Waals surface area contributed by atoms with Gasteiger partial charge in [0.15, 0.2) is 0 Å². The standard InChI is InChI=1S/C19H23N3O3.2ClH/c1-24-15-5-4-6-16(11-15)25-18-9-8-14(12-21-18)13-22-19(23)17-7-2-3-10-20-17;;/h4-6,8-9,11-12,17,20H,2-3,7,10,13H2,1H3,(H,22,23);2*1H. The number of hydrogen-bond acceptors (Lipinski definition) is 5. The highest BCUT2D eigenvalue weighted by atomic mass is 35.5. The second-order valence-corrected chi connectivity index (χ2v) is 6.01. The fourth-order valence-corrected chi connectivity index (χ4v) is 2.75. The summed E-state index contributed by atoms with van der Waals surface area (Å²) >= 11 is 0. The van der Waals surface area contributed by atoms with Crippen LogP contribution < -0.4 is 20.1 Å². The highest BCUT2D eigenvalue weighted by molar-refractivity contribution is 5.85. The molecule has 1 amide bonds. The Kier molecular flexibility index (Phi) is 9.93. The summed E-state index contributed by atoms with van der Waals surface area (Å²) in [6.07, 6.45) is 4.85. The van der Waals surface area contributed by atoms with Crippen LogP contribution in [0.4, 0.5) is 0 Å². The number of rotatable bonds is 6. The van der Waals surface area contributed by atoms with Gasteiger partial charge in [-0.15, -0.1) is 24.8 Å². The third-order valence-corrected chi connectivity index (χ3v) is 4.15. The molecule has 2 N–H and O–H groups in total. The third-order valence-electron chi connectivity index (χ3n) is 4.15. The zero-order chi connectivity index (χ0) is 17.5. The predicted octanol–water partition coefficient (Wildman–Crippen LogP) is 3.48. The van der Waals surface area contributed by atoms with Gasteiger partial charge in [-0.05, 0) is 37.1 Å². The van der Waals surface area contributed by atoms with Gasteiger partial charge in [0, 0.05) is 24.9 Å². The maximum absolute atomic E-state index is 12.1. The Bertz CT molecular complexity index is 708. The first-order valence-electron chi connectivity index (χ1n) is 8.52. The van der Waals surface area contributed by atoms with Crippen LogP contribution in [0.15, 0.2) is 42.6 Å². The number of nitrogens with one attached hydrogen (secondary N) is 2. The maximum Gasteiger partial charge on any atom is 0.237 e. The minimum absolute atomic E-state index is 0. The summed E-state index contributed by atoms with van der Waals surface area (Å²) in [7, 11) is 1.61. The lowest BCUT2D eigenvalue weighted by molar-refractivity contribution is -0.123. The molecule has 1 saturated heterocycles. The molecule has 0 radical (unpaired) electrons. The van der Waals surface area contributed by atoms with Crippen LogP contribution in [0.2, 0.25) is 0 Å². The number of nitrogens with zero attached hydrogens (tertiary/aromatic N) is 1. The minimum atomic E-state index is -0.0719. The van der Waals surface area contributed by atoms with Crippen LogP contribution in [-0.2, 0) is 11.3 Å². The first-order chi connectivity index (χ1) is 12.2. The molecule has 1 aliphatic heterocycles. The molecule has 2 heterocycles. The van der Waals surface area contributed by atoms with Gasteiger partial charge in [0.2, 0.25) is 11.8 Å². The van der Waals surface area contributed by atoms with Gasteiger partial charge in [-0.2, -0.15) is 0 Å². The molecule has 1 aliphatic rings. The summed E-state index contributed by atoms with van der Waals surface area (Å²) in [6.45, 7) is 1.37. The third kappa shape index (κ3) is 6.90. The second-order valence-electron chi connectivity index (χ2n) is 6.01. The van der Waals surface area contributed by atoms with Crippen molar-refractivity contribution in [1.29, 1.82) is 0 Å². The molecule has 6 nitrogen and oxygen atoms in total. The summed E-state index contributed by atoms with van der Waals surface area (Å²) in [5.41, 5.74) is 0.933. The number of carbonyl (C=O) groups excluding carboxylic acids is 1. The first kappa shape index (κ1) is 23.0. The van der Waals surface area contributed by atoms with Gasteiger partial charge >= 0.3 is 0 Å². The Morgan fingerprint density at radius 3 is 2.70 bits per heavy atom. The Hall–Kier alpha value is -2.02. The Morgan fingerprint density at radius 2 is 2.04 bits per heavy atom. The van der Waals surface area contributed by atoms with E-state index in [1.54, 1.807) is 25.4 Å². The summed E-state index contributed by atoms with van der Waals surface area (Å²) in [5.74, 6) is 1.94. The van der Waals surface area contributed by atoms with Gasteiger partial charge in [-0.1, -0.05) is 18.6 Å². The van der Waals surface area contributed by atoms with E-state index in [1.165, 1.54) is 0 Å². The first-order valence-corrected chi connectivity index (χ1v) is 8.52. The molecule has 1 aromatic heterocycles. The zero-order valence-electron chi connectivity index (χ0n) is 15.1. The van der Waals surface area contributed by atoms with Crippen molar-refractivity contribution in [2.45, 2.75) is 31.8 Å². The number of ether oxygens (including phenoxy) is 2. The van der Waals surface area contributed by atoms with Crippen LogP contribution in [0.25, 0.3) is 0 Å². The van der Waals surface area contributed by atoms with E-state index >= 15 is 0 Å². The number of methoxy groups -OCH3 is 1.